The first-order valence-corrected chi connectivity index (χ1v) is 7.89. The van der Waals surface area contributed by atoms with Crippen molar-refractivity contribution in [2.24, 2.45) is 11.7 Å². The van der Waals surface area contributed by atoms with Gasteiger partial charge in [-0.1, -0.05) is 12.1 Å². The third kappa shape index (κ3) is 5.30. The Morgan fingerprint density at radius 3 is 2.43 bits per heavy atom. The van der Waals surface area contributed by atoms with Crippen molar-refractivity contribution >= 4 is 0 Å². The second-order valence-electron chi connectivity index (χ2n) is 5.80. The van der Waals surface area contributed by atoms with Gasteiger partial charge in [-0.2, -0.15) is 0 Å². The van der Waals surface area contributed by atoms with Crippen LogP contribution in [0.1, 0.15) is 25.3 Å². The van der Waals surface area contributed by atoms with Crippen LogP contribution in [0.15, 0.2) is 24.3 Å². The predicted octanol–water partition coefficient (Wildman–Crippen LogP) is 2.27. The molecule has 2 N–H and O–H groups in total. The Bertz CT molecular complexity index is 404. The number of methoxy groups -OCH3 is 1. The molecule has 0 aromatic heterocycles. The van der Waals surface area contributed by atoms with E-state index in [-0.39, 0.29) is 0 Å². The van der Waals surface area contributed by atoms with Crippen LogP contribution in [-0.4, -0.2) is 44.4 Å². The van der Waals surface area contributed by atoms with Crippen molar-refractivity contribution < 1.29 is 9.47 Å². The van der Waals surface area contributed by atoms with Gasteiger partial charge in [0.2, 0.25) is 0 Å². The lowest BCUT2D eigenvalue weighted by molar-refractivity contribution is 0.103. The highest BCUT2D eigenvalue weighted by Crippen LogP contribution is 2.34. The van der Waals surface area contributed by atoms with Crippen molar-refractivity contribution in [2.75, 3.05) is 33.4 Å². The first kappa shape index (κ1) is 16.3. The van der Waals surface area contributed by atoms with Crippen LogP contribution in [0, 0.1) is 5.92 Å². The van der Waals surface area contributed by atoms with Gasteiger partial charge >= 0.3 is 0 Å². The first-order valence-electron chi connectivity index (χ1n) is 7.89. The summed E-state index contributed by atoms with van der Waals surface area (Å²) in [4.78, 5) is 2.48. The molecule has 2 rings (SSSR count). The first-order chi connectivity index (χ1) is 10.2. The number of ether oxygens (including phenoxy) is 2. The maximum atomic E-state index is 5.84. The lowest BCUT2D eigenvalue weighted by Gasteiger charge is -2.28. The van der Waals surface area contributed by atoms with Gasteiger partial charge in [0.15, 0.2) is 0 Å². The van der Waals surface area contributed by atoms with Gasteiger partial charge in [0, 0.05) is 32.8 Å². The highest BCUT2D eigenvalue weighted by Gasteiger charge is 2.31. The van der Waals surface area contributed by atoms with Gasteiger partial charge in [-0.15, -0.1) is 0 Å². The van der Waals surface area contributed by atoms with E-state index in [1.54, 1.807) is 7.11 Å². The molecule has 1 saturated carbocycles. The number of benzene rings is 1. The van der Waals surface area contributed by atoms with E-state index in [4.69, 9.17) is 15.2 Å². The van der Waals surface area contributed by atoms with Gasteiger partial charge in [-0.3, -0.25) is 4.90 Å². The van der Waals surface area contributed by atoms with E-state index in [1.807, 2.05) is 24.3 Å². The van der Waals surface area contributed by atoms with Gasteiger partial charge < -0.3 is 15.2 Å². The van der Waals surface area contributed by atoms with E-state index < -0.39 is 0 Å². The zero-order chi connectivity index (χ0) is 15.1. The standard InChI is InChI=1S/C17H28N2O2/c1-14(16-5-6-16)19(9-11-20-2)10-12-21-17-7-3-15(13-18)4-8-17/h3-4,7-8,14,16H,5-6,9-13,18H2,1-2H3. The molecule has 1 aromatic rings. The molecule has 1 fully saturated rings. The second kappa shape index (κ2) is 8.37. The molecular formula is C17H28N2O2. The quantitative estimate of drug-likeness (QED) is 0.718. The minimum atomic E-state index is 0.573. The molecule has 1 atom stereocenters. The normalized spacial score (nSPS) is 16.2. The lowest BCUT2D eigenvalue weighted by atomic mass is 10.2. The van der Waals surface area contributed by atoms with Crippen LogP contribution >= 0.6 is 0 Å². The van der Waals surface area contributed by atoms with E-state index in [9.17, 15) is 0 Å². The molecule has 0 radical (unpaired) electrons. The van der Waals surface area contributed by atoms with Crippen LogP contribution < -0.4 is 10.5 Å². The third-order valence-corrected chi connectivity index (χ3v) is 4.27. The maximum Gasteiger partial charge on any atom is 0.119 e. The molecule has 4 heteroatoms. The van der Waals surface area contributed by atoms with Crippen molar-refractivity contribution in [1.29, 1.82) is 0 Å². The number of nitrogens with two attached hydrogens (primary N) is 1. The van der Waals surface area contributed by atoms with Crippen molar-refractivity contribution in [2.45, 2.75) is 32.4 Å². The van der Waals surface area contributed by atoms with Crippen LogP contribution in [-0.2, 0) is 11.3 Å². The Morgan fingerprint density at radius 2 is 1.86 bits per heavy atom. The molecule has 1 unspecified atom stereocenters. The van der Waals surface area contributed by atoms with Crippen LogP contribution in [0.4, 0.5) is 0 Å². The van der Waals surface area contributed by atoms with Crippen molar-refractivity contribution in [3.63, 3.8) is 0 Å². The van der Waals surface area contributed by atoms with Gasteiger partial charge in [-0.25, -0.2) is 0 Å². The van der Waals surface area contributed by atoms with Gasteiger partial charge in [-0.05, 0) is 43.4 Å². The summed E-state index contributed by atoms with van der Waals surface area (Å²) in [5.41, 5.74) is 6.73. The van der Waals surface area contributed by atoms with Gasteiger partial charge in [0.25, 0.3) is 0 Å². The highest BCUT2D eigenvalue weighted by molar-refractivity contribution is 5.27. The lowest BCUT2D eigenvalue weighted by Crippen LogP contribution is -2.39. The topological polar surface area (TPSA) is 47.7 Å². The molecule has 1 aliphatic rings. The fourth-order valence-corrected chi connectivity index (χ4v) is 2.61. The average Bonchev–Trinajstić information content (AvgIpc) is 3.35. The van der Waals surface area contributed by atoms with Crippen molar-refractivity contribution in [3.05, 3.63) is 29.8 Å². The van der Waals surface area contributed by atoms with Crippen molar-refractivity contribution in [1.82, 2.24) is 4.90 Å². The molecule has 0 aliphatic heterocycles. The third-order valence-electron chi connectivity index (χ3n) is 4.27. The molecule has 0 saturated heterocycles. The van der Waals surface area contributed by atoms with E-state index >= 15 is 0 Å². The summed E-state index contributed by atoms with van der Waals surface area (Å²) < 4.78 is 11.1. The monoisotopic (exact) mass is 292 g/mol. The average molecular weight is 292 g/mol. The maximum absolute atomic E-state index is 5.84. The molecule has 0 heterocycles. The summed E-state index contributed by atoms with van der Waals surface area (Å²) in [6, 6.07) is 8.65. The van der Waals surface area contributed by atoms with Crippen LogP contribution in [0.3, 0.4) is 0 Å². The molecule has 0 amide bonds. The highest BCUT2D eigenvalue weighted by atomic mass is 16.5. The number of hydrogen-bond acceptors (Lipinski definition) is 4. The Balaban J connectivity index is 1.77. The molecule has 21 heavy (non-hydrogen) atoms. The summed E-state index contributed by atoms with van der Waals surface area (Å²) in [5, 5.41) is 0. The molecular weight excluding hydrogens is 264 g/mol. The summed E-state index contributed by atoms with van der Waals surface area (Å²) in [6.07, 6.45) is 2.73. The molecule has 1 aliphatic carbocycles. The number of rotatable bonds is 10. The van der Waals surface area contributed by atoms with Gasteiger partial charge in [0.05, 0.1) is 6.61 Å². The van der Waals surface area contributed by atoms with E-state index in [2.05, 4.69) is 11.8 Å². The summed E-state index contributed by atoms with van der Waals surface area (Å²) in [5.74, 6) is 1.78. The van der Waals surface area contributed by atoms with Crippen LogP contribution in [0.2, 0.25) is 0 Å². The van der Waals surface area contributed by atoms with Gasteiger partial charge in [0.1, 0.15) is 12.4 Å². The largest absolute Gasteiger partial charge is 0.492 e. The minimum Gasteiger partial charge on any atom is -0.492 e. The Morgan fingerprint density at radius 1 is 1.19 bits per heavy atom. The zero-order valence-corrected chi connectivity index (χ0v) is 13.3. The molecule has 0 bridgehead atoms. The summed E-state index contributed by atoms with van der Waals surface area (Å²) in [7, 11) is 1.76. The Kier molecular flexibility index (Phi) is 6.49. The van der Waals surface area contributed by atoms with Crippen LogP contribution in [0.25, 0.3) is 0 Å². The number of nitrogens with zero attached hydrogens (tertiary/aromatic N) is 1. The molecule has 0 spiro atoms. The molecule has 1 aromatic carbocycles. The Hall–Kier alpha value is -1.10. The van der Waals surface area contributed by atoms with E-state index in [1.165, 1.54) is 12.8 Å². The fraction of sp³-hybridized carbons (Fsp3) is 0.647. The fourth-order valence-electron chi connectivity index (χ4n) is 2.61. The van der Waals surface area contributed by atoms with E-state index in [0.29, 0.717) is 19.2 Å². The summed E-state index contributed by atoms with van der Waals surface area (Å²) >= 11 is 0. The second-order valence-corrected chi connectivity index (χ2v) is 5.80. The van der Waals surface area contributed by atoms with E-state index in [0.717, 1.165) is 36.9 Å². The smallest absolute Gasteiger partial charge is 0.119 e. The minimum absolute atomic E-state index is 0.573. The van der Waals surface area contributed by atoms with Crippen molar-refractivity contribution in [3.8, 4) is 5.75 Å². The molecule has 118 valence electrons. The summed E-state index contributed by atoms with van der Waals surface area (Å²) in [6.45, 7) is 6.31. The zero-order valence-electron chi connectivity index (χ0n) is 13.3. The predicted molar refractivity (Wildman–Crippen MR) is 85.5 cm³/mol. The SMILES string of the molecule is COCCN(CCOc1ccc(CN)cc1)C(C)C1CC1. The number of hydrogen-bond donors (Lipinski definition) is 1. The Labute approximate surface area is 128 Å². The van der Waals surface area contributed by atoms with Crippen LogP contribution in [0.5, 0.6) is 5.75 Å². The molecule has 4 nitrogen and oxygen atoms in total.